The minimum absolute atomic E-state index is 0.149. The molecule has 1 N–H and O–H groups in total. The normalized spacial score (nSPS) is 16.0. The molecule has 4 nitrogen and oxygen atoms in total. The van der Waals surface area contributed by atoms with Crippen molar-refractivity contribution in [2.24, 2.45) is 0 Å². The van der Waals surface area contributed by atoms with E-state index in [2.05, 4.69) is 47.2 Å². The van der Waals surface area contributed by atoms with Gasteiger partial charge < -0.3 is 5.32 Å². The van der Waals surface area contributed by atoms with Crippen LogP contribution in [0.25, 0.3) is 6.08 Å². The molecule has 134 valence electrons. The van der Waals surface area contributed by atoms with Gasteiger partial charge in [0.05, 0.1) is 11.6 Å². The first kappa shape index (κ1) is 18.7. The molecule has 2 aromatic carbocycles. The topological polar surface area (TPSA) is 49.4 Å². The van der Waals surface area contributed by atoms with Gasteiger partial charge in [0, 0.05) is 10.2 Å². The number of nitrogens with zero attached hydrogens (tertiary/aromatic N) is 1. The Morgan fingerprint density at radius 1 is 1.08 bits per heavy atom. The molecule has 1 aliphatic heterocycles. The second-order valence-corrected chi connectivity index (χ2v) is 8.18. The van der Waals surface area contributed by atoms with Gasteiger partial charge in [0.1, 0.15) is 0 Å². The van der Waals surface area contributed by atoms with Crippen molar-refractivity contribution in [2.75, 3.05) is 12.0 Å². The van der Waals surface area contributed by atoms with Gasteiger partial charge in [0.25, 0.3) is 11.1 Å². The van der Waals surface area contributed by atoms with Gasteiger partial charge in [0.15, 0.2) is 0 Å². The van der Waals surface area contributed by atoms with E-state index < -0.39 is 0 Å². The molecule has 0 spiro atoms. The zero-order chi connectivity index (χ0) is 18.7. The highest BCUT2D eigenvalue weighted by molar-refractivity contribution is 9.10. The average molecular weight is 431 g/mol. The van der Waals surface area contributed by atoms with Crippen LogP contribution in [0, 0.1) is 0 Å². The number of imide groups is 1. The molecule has 6 heteroatoms. The summed E-state index contributed by atoms with van der Waals surface area (Å²) >= 11 is 4.35. The van der Waals surface area contributed by atoms with Crippen LogP contribution < -0.4 is 5.32 Å². The third-order valence-electron chi connectivity index (χ3n) is 4.06. The molecule has 1 saturated heterocycles. The number of anilines is 1. The molecule has 1 aliphatic rings. The van der Waals surface area contributed by atoms with Gasteiger partial charge in [-0.1, -0.05) is 54.0 Å². The summed E-state index contributed by atoms with van der Waals surface area (Å²) in [6.07, 6.45) is 1.77. The molecular weight excluding hydrogens is 412 g/mol. The van der Waals surface area contributed by atoms with E-state index in [1.54, 1.807) is 6.08 Å². The van der Waals surface area contributed by atoms with E-state index in [-0.39, 0.29) is 17.8 Å². The second kappa shape index (κ2) is 8.10. The van der Waals surface area contributed by atoms with E-state index in [9.17, 15) is 9.59 Å². The monoisotopic (exact) mass is 430 g/mol. The summed E-state index contributed by atoms with van der Waals surface area (Å²) in [5, 5.41) is 2.84. The SMILES string of the molecule is CC(C)c1ccc(/C=C2\SC(=O)N(CNc3ccc(Br)cc3)C2=O)cc1. The van der Waals surface area contributed by atoms with E-state index in [0.717, 1.165) is 27.5 Å². The summed E-state index contributed by atoms with van der Waals surface area (Å²) in [7, 11) is 0. The quantitative estimate of drug-likeness (QED) is 0.619. The van der Waals surface area contributed by atoms with Gasteiger partial charge in [0.2, 0.25) is 0 Å². The standard InChI is InChI=1S/C20H19BrN2O2S/c1-13(2)15-5-3-14(4-6-15)11-18-19(24)23(20(25)26-18)12-22-17-9-7-16(21)8-10-17/h3-11,13,22H,12H2,1-2H3/b18-11-. The number of nitrogens with one attached hydrogen (secondary N) is 1. The number of rotatable bonds is 5. The number of hydrogen-bond donors (Lipinski definition) is 1. The third kappa shape index (κ3) is 4.37. The molecule has 1 fully saturated rings. The summed E-state index contributed by atoms with van der Waals surface area (Å²) < 4.78 is 0.973. The summed E-state index contributed by atoms with van der Waals surface area (Å²) in [4.78, 5) is 26.4. The number of hydrogen-bond acceptors (Lipinski definition) is 4. The molecule has 3 rings (SSSR count). The van der Waals surface area contributed by atoms with Crippen LogP contribution in [-0.4, -0.2) is 22.7 Å². The van der Waals surface area contributed by atoms with E-state index in [1.165, 1.54) is 10.5 Å². The minimum Gasteiger partial charge on any atom is -0.367 e. The summed E-state index contributed by atoms with van der Waals surface area (Å²) in [5.41, 5.74) is 3.01. The largest absolute Gasteiger partial charge is 0.367 e. The Bertz CT molecular complexity index is 845. The lowest BCUT2D eigenvalue weighted by atomic mass is 10.0. The molecule has 0 atom stereocenters. The molecule has 0 bridgehead atoms. The highest BCUT2D eigenvalue weighted by atomic mass is 79.9. The second-order valence-electron chi connectivity index (χ2n) is 6.27. The number of halogens is 1. The van der Waals surface area contributed by atoms with Crippen LogP contribution in [0.2, 0.25) is 0 Å². The minimum atomic E-state index is -0.266. The van der Waals surface area contributed by atoms with Crippen LogP contribution in [0.5, 0.6) is 0 Å². The van der Waals surface area contributed by atoms with Gasteiger partial charge in [-0.15, -0.1) is 0 Å². The molecule has 2 amide bonds. The maximum absolute atomic E-state index is 12.5. The van der Waals surface area contributed by atoms with E-state index in [1.807, 2.05) is 36.4 Å². The van der Waals surface area contributed by atoms with Crippen molar-refractivity contribution in [3.63, 3.8) is 0 Å². The maximum atomic E-state index is 12.5. The van der Waals surface area contributed by atoms with Crippen LogP contribution in [0.1, 0.15) is 30.9 Å². The number of amides is 2. The average Bonchev–Trinajstić information content (AvgIpc) is 2.88. The lowest BCUT2D eigenvalue weighted by Gasteiger charge is -2.14. The van der Waals surface area contributed by atoms with Gasteiger partial charge in [-0.2, -0.15) is 0 Å². The molecule has 0 saturated carbocycles. The van der Waals surface area contributed by atoms with E-state index >= 15 is 0 Å². The van der Waals surface area contributed by atoms with Crippen LogP contribution in [-0.2, 0) is 4.79 Å². The highest BCUT2D eigenvalue weighted by Gasteiger charge is 2.34. The Labute approximate surface area is 165 Å². The zero-order valence-corrected chi connectivity index (χ0v) is 16.9. The first-order chi connectivity index (χ1) is 12.4. The summed E-state index contributed by atoms with van der Waals surface area (Å²) in [6.45, 7) is 4.42. The Hall–Kier alpha value is -2.05. The highest BCUT2D eigenvalue weighted by Crippen LogP contribution is 2.32. The van der Waals surface area contributed by atoms with Crippen molar-refractivity contribution in [1.29, 1.82) is 0 Å². The van der Waals surface area contributed by atoms with Crippen molar-refractivity contribution in [1.82, 2.24) is 4.90 Å². The van der Waals surface area contributed by atoms with Crippen LogP contribution in [0.4, 0.5) is 10.5 Å². The smallest absolute Gasteiger partial charge is 0.295 e. The molecule has 2 aromatic rings. The van der Waals surface area contributed by atoms with Crippen molar-refractivity contribution in [2.45, 2.75) is 19.8 Å². The van der Waals surface area contributed by atoms with Gasteiger partial charge in [-0.05, 0) is 59.1 Å². The first-order valence-electron chi connectivity index (χ1n) is 8.29. The molecule has 0 aromatic heterocycles. The fourth-order valence-corrected chi connectivity index (χ4v) is 3.61. The van der Waals surface area contributed by atoms with Crippen LogP contribution >= 0.6 is 27.7 Å². The summed E-state index contributed by atoms with van der Waals surface area (Å²) in [5.74, 6) is 0.193. The number of thioether (sulfide) groups is 1. The predicted molar refractivity (Wildman–Crippen MR) is 111 cm³/mol. The van der Waals surface area contributed by atoms with Crippen molar-refractivity contribution < 1.29 is 9.59 Å². The Morgan fingerprint density at radius 2 is 1.73 bits per heavy atom. The maximum Gasteiger partial charge on any atom is 0.295 e. The Kier molecular flexibility index (Phi) is 5.84. The summed E-state index contributed by atoms with van der Waals surface area (Å²) in [6, 6.07) is 15.6. The van der Waals surface area contributed by atoms with Gasteiger partial charge in [-0.25, -0.2) is 0 Å². The predicted octanol–water partition coefficient (Wildman–Crippen LogP) is 5.68. The fraction of sp³-hybridized carbons (Fsp3) is 0.200. The van der Waals surface area contributed by atoms with Gasteiger partial charge in [-0.3, -0.25) is 14.5 Å². The lowest BCUT2D eigenvalue weighted by Crippen LogP contribution is -2.33. The van der Waals surface area contributed by atoms with E-state index in [0.29, 0.717) is 10.8 Å². The first-order valence-corrected chi connectivity index (χ1v) is 9.90. The van der Waals surface area contributed by atoms with Crippen molar-refractivity contribution >= 4 is 50.6 Å². The van der Waals surface area contributed by atoms with Crippen LogP contribution in [0.3, 0.4) is 0 Å². The lowest BCUT2D eigenvalue weighted by molar-refractivity contribution is -0.122. The molecule has 0 radical (unpaired) electrons. The Morgan fingerprint density at radius 3 is 2.35 bits per heavy atom. The van der Waals surface area contributed by atoms with Crippen molar-refractivity contribution in [3.05, 3.63) is 69.0 Å². The van der Waals surface area contributed by atoms with E-state index in [4.69, 9.17) is 0 Å². The third-order valence-corrected chi connectivity index (χ3v) is 5.50. The number of carbonyl (C=O) groups is 2. The molecular formula is C20H19BrN2O2S. The zero-order valence-electron chi connectivity index (χ0n) is 14.5. The Balaban J connectivity index is 1.68. The van der Waals surface area contributed by atoms with Crippen molar-refractivity contribution in [3.8, 4) is 0 Å². The molecule has 1 heterocycles. The number of carbonyl (C=O) groups excluding carboxylic acids is 2. The fourth-order valence-electron chi connectivity index (χ4n) is 2.50. The molecule has 26 heavy (non-hydrogen) atoms. The number of benzene rings is 2. The molecule has 0 aliphatic carbocycles. The van der Waals surface area contributed by atoms with Crippen LogP contribution in [0.15, 0.2) is 57.9 Å². The van der Waals surface area contributed by atoms with Gasteiger partial charge >= 0.3 is 0 Å². The molecule has 0 unspecified atom stereocenters.